The van der Waals surface area contributed by atoms with Gasteiger partial charge in [-0.1, -0.05) is 6.58 Å². The summed E-state index contributed by atoms with van der Waals surface area (Å²) < 4.78 is 0. The highest BCUT2D eigenvalue weighted by atomic mass is 16.4. The molecule has 0 saturated heterocycles. The van der Waals surface area contributed by atoms with Crippen LogP contribution in [-0.2, 0) is 14.4 Å². The number of aliphatic imine (C=N–C) groups is 2. The lowest BCUT2D eigenvalue weighted by molar-refractivity contribution is -0.150. The van der Waals surface area contributed by atoms with Gasteiger partial charge in [-0.25, -0.2) is 9.59 Å². The lowest BCUT2D eigenvalue weighted by Gasteiger charge is -2.25. The molecule has 8 nitrogen and oxygen atoms in total. The standard InChI is InChI=1S/C10H11N3O5/c1-5-2-6(13-8(5)11)10(9(17)18,12-4-14)3-7(15)16/h6H,1-3H2,(H2,11,13)(H,15,16)(H,17,18)/t6?,10-/m0/s1. The molecular weight excluding hydrogens is 242 g/mol. The van der Waals surface area contributed by atoms with Crippen molar-refractivity contribution < 1.29 is 24.6 Å². The summed E-state index contributed by atoms with van der Waals surface area (Å²) in [4.78, 5) is 39.4. The highest BCUT2D eigenvalue weighted by molar-refractivity contribution is 5.99. The zero-order chi connectivity index (χ0) is 13.9. The second-order valence-electron chi connectivity index (χ2n) is 3.84. The average molecular weight is 253 g/mol. The molecule has 1 unspecified atom stereocenters. The Morgan fingerprint density at radius 1 is 1.61 bits per heavy atom. The van der Waals surface area contributed by atoms with E-state index in [1.54, 1.807) is 0 Å². The molecule has 1 aliphatic heterocycles. The van der Waals surface area contributed by atoms with E-state index in [4.69, 9.17) is 15.9 Å². The molecule has 0 aromatic carbocycles. The molecule has 1 heterocycles. The number of nitrogens with zero attached hydrogens (tertiary/aromatic N) is 2. The first kappa shape index (κ1) is 13.6. The van der Waals surface area contributed by atoms with E-state index >= 15 is 0 Å². The molecule has 0 aromatic rings. The van der Waals surface area contributed by atoms with Gasteiger partial charge in [-0.2, -0.15) is 4.99 Å². The quantitative estimate of drug-likeness (QED) is 0.437. The third kappa shape index (κ3) is 2.28. The van der Waals surface area contributed by atoms with Gasteiger partial charge in [0.05, 0.1) is 12.5 Å². The van der Waals surface area contributed by atoms with Crippen molar-refractivity contribution in [3.8, 4) is 0 Å². The van der Waals surface area contributed by atoms with Crippen LogP contribution in [0.2, 0.25) is 0 Å². The number of carbonyl (C=O) groups excluding carboxylic acids is 1. The van der Waals surface area contributed by atoms with Crippen molar-refractivity contribution >= 4 is 23.9 Å². The van der Waals surface area contributed by atoms with Gasteiger partial charge in [-0.05, 0) is 5.57 Å². The van der Waals surface area contributed by atoms with E-state index < -0.39 is 29.9 Å². The van der Waals surface area contributed by atoms with Gasteiger partial charge in [-0.3, -0.25) is 9.79 Å². The predicted octanol–water partition coefficient (Wildman–Crippen LogP) is -0.694. The van der Waals surface area contributed by atoms with Crippen LogP contribution in [-0.4, -0.2) is 45.6 Å². The van der Waals surface area contributed by atoms with Crippen LogP contribution in [0, 0.1) is 0 Å². The molecule has 8 heteroatoms. The van der Waals surface area contributed by atoms with Crippen LogP contribution in [0.3, 0.4) is 0 Å². The Labute approximate surface area is 102 Å². The van der Waals surface area contributed by atoms with Crippen LogP contribution < -0.4 is 5.73 Å². The van der Waals surface area contributed by atoms with Crippen LogP contribution in [0.4, 0.5) is 0 Å². The van der Waals surface area contributed by atoms with E-state index in [0.717, 1.165) is 6.08 Å². The van der Waals surface area contributed by atoms with Gasteiger partial charge in [0.2, 0.25) is 11.6 Å². The monoisotopic (exact) mass is 253 g/mol. The predicted molar refractivity (Wildman–Crippen MR) is 59.9 cm³/mol. The summed E-state index contributed by atoms with van der Waals surface area (Å²) in [6.45, 7) is 3.56. The zero-order valence-corrected chi connectivity index (χ0v) is 9.29. The van der Waals surface area contributed by atoms with E-state index in [1.807, 2.05) is 0 Å². The Morgan fingerprint density at radius 3 is 2.56 bits per heavy atom. The number of carboxylic acids is 2. The maximum Gasteiger partial charge on any atom is 0.335 e. The van der Waals surface area contributed by atoms with Gasteiger partial charge < -0.3 is 15.9 Å². The summed E-state index contributed by atoms with van der Waals surface area (Å²) >= 11 is 0. The summed E-state index contributed by atoms with van der Waals surface area (Å²) in [5.74, 6) is -2.94. The van der Waals surface area contributed by atoms with Crippen molar-refractivity contribution in [2.24, 2.45) is 15.7 Å². The molecule has 1 rings (SSSR count). The molecule has 1 aliphatic rings. The molecule has 0 aliphatic carbocycles. The van der Waals surface area contributed by atoms with Crippen molar-refractivity contribution in [2.75, 3.05) is 0 Å². The maximum atomic E-state index is 11.3. The first-order valence-corrected chi connectivity index (χ1v) is 4.89. The molecule has 18 heavy (non-hydrogen) atoms. The largest absolute Gasteiger partial charge is 0.481 e. The Balaban J connectivity index is 3.27. The molecule has 96 valence electrons. The summed E-state index contributed by atoms with van der Waals surface area (Å²) in [7, 11) is 0. The van der Waals surface area contributed by atoms with Gasteiger partial charge in [0, 0.05) is 6.42 Å². The molecule has 0 spiro atoms. The molecule has 2 atom stereocenters. The first-order chi connectivity index (χ1) is 8.33. The number of carboxylic acid groups (broad SMARTS) is 2. The number of nitrogens with two attached hydrogens (primary N) is 1. The SMILES string of the molecule is C=C1CC([C@](CC(=O)O)(N=C=O)C(=O)O)N=C1N. The molecule has 0 amide bonds. The van der Waals surface area contributed by atoms with Crippen LogP contribution in [0.1, 0.15) is 12.8 Å². The Morgan fingerprint density at radius 2 is 2.22 bits per heavy atom. The third-order valence-electron chi connectivity index (χ3n) is 2.68. The maximum absolute atomic E-state index is 11.3. The minimum absolute atomic E-state index is 0.0383. The van der Waals surface area contributed by atoms with Crippen LogP contribution in [0.5, 0.6) is 0 Å². The van der Waals surface area contributed by atoms with Gasteiger partial charge >= 0.3 is 11.9 Å². The summed E-state index contributed by atoms with van der Waals surface area (Å²) in [5, 5.41) is 17.9. The van der Waals surface area contributed by atoms with E-state index in [0.29, 0.717) is 5.57 Å². The van der Waals surface area contributed by atoms with E-state index in [9.17, 15) is 14.4 Å². The topological polar surface area (TPSA) is 142 Å². The van der Waals surface area contributed by atoms with Crippen molar-refractivity contribution in [1.29, 1.82) is 0 Å². The molecule has 0 aromatic heterocycles. The minimum atomic E-state index is -2.20. The number of amidine groups is 1. The van der Waals surface area contributed by atoms with Crippen molar-refractivity contribution in [3.05, 3.63) is 12.2 Å². The smallest absolute Gasteiger partial charge is 0.335 e. The van der Waals surface area contributed by atoms with Crippen molar-refractivity contribution in [1.82, 2.24) is 0 Å². The third-order valence-corrected chi connectivity index (χ3v) is 2.68. The van der Waals surface area contributed by atoms with E-state index in [2.05, 4.69) is 16.6 Å². The zero-order valence-electron chi connectivity index (χ0n) is 9.29. The Kier molecular flexibility index (Phi) is 3.63. The first-order valence-electron chi connectivity index (χ1n) is 4.89. The van der Waals surface area contributed by atoms with Crippen LogP contribution in [0.15, 0.2) is 22.1 Å². The Hall–Kier alpha value is -2.47. The van der Waals surface area contributed by atoms with Crippen LogP contribution >= 0.6 is 0 Å². The molecule has 0 bridgehead atoms. The van der Waals surface area contributed by atoms with Gasteiger partial charge in [-0.15, -0.1) is 0 Å². The molecule has 0 radical (unpaired) electrons. The molecule has 0 saturated carbocycles. The van der Waals surface area contributed by atoms with Crippen LogP contribution in [0.25, 0.3) is 0 Å². The lowest BCUT2D eigenvalue weighted by atomic mass is 9.85. The molecular formula is C10H11N3O5. The number of carbonyl (C=O) groups is 2. The van der Waals surface area contributed by atoms with Gasteiger partial charge in [0.25, 0.3) is 0 Å². The summed E-state index contributed by atoms with van der Waals surface area (Å²) in [5.41, 5.74) is 3.65. The second-order valence-corrected chi connectivity index (χ2v) is 3.84. The minimum Gasteiger partial charge on any atom is -0.481 e. The number of hydrogen-bond acceptors (Lipinski definition) is 6. The number of aliphatic carboxylic acids is 2. The highest BCUT2D eigenvalue weighted by Crippen LogP contribution is 2.32. The summed E-state index contributed by atoms with van der Waals surface area (Å²) in [6, 6.07) is -1.07. The second kappa shape index (κ2) is 4.80. The number of rotatable bonds is 5. The van der Waals surface area contributed by atoms with E-state index in [-0.39, 0.29) is 12.3 Å². The number of isocyanates is 1. The lowest BCUT2D eigenvalue weighted by Crippen LogP contribution is -2.48. The average Bonchev–Trinajstić information content (AvgIpc) is 2.57. The number of hydrogen-bond donors (Lipinski definition) is 3. The van der Waals surface area contributed by atoms with Gasteiger partial charge in [0.15, 0.2) is 0 Å². The Bertz CT molecular complexity index is 488. The van der Waals surface area contributed by atoms with Crippen molar-refractivity contribution in [3.63, 3.8) is 0 Å². The molecule has 4 N–H and O–H groups in total. The molecule has 0 fully saturated rings. The highest BCUT2D eigenvalue weighted by Gasteiger charge is 2.50. The fourth-order valence-corrected chi connectivity index (χ4v) is 1.73. The fraction of sp³-hybridized carbons (Fsp3) is 0.400. The fourth-order valence-electron chi connectivity index (χ4n) is 1.73. The van der Waals surface area contributed by atoms with Crippen molar-refractivity contribution in [2.45, 2.75) is 24.4 Å². The van der Waals surface area contributed by atoms with Gasteiger partial charge in [0.1, 0.15) is 5.84 Å². The van der Waals surface area contributed by atoms with E-state index in [1.165, 1.54) is 0 Å². The normalized spacial score (nSPS) is 21.7. The summed E-state index contributed by atoms with van der Waals surface area (Å²) in [6.07, 6.45) is 0.249.